The van der Waals surface area contributed by atoms with Crippen LogP contribution < -0.4 is 9.80 Å². The van der Waals surface area contributed by atoms with E-state index in [4.69, 9.17) is 11.6 Å². The Morgan fingerprint density at radius 3 is 2.45 bits per heavy atom. The maximum absolute atomic E-state index is 5.83. The second-order valence-corrected chi connectivity index (χ2v) is 6.34. The zero-order chi connectivity index (χ0) is 14.9. The van der Waals surface area contributed by atoms with Gasteiger partial charge in [0.25, 0.3) is 0 Å². The fraction of sp³-hybridized carbons (Fsp3) is 0.286. The third kappa shape index (κ3) is 2.46. The van der Waals surface area contributed by atoms with Gasteiger partial charge in [-0.25, -0.2) is 19.9 Å². The van der Waals surface area contributed by atoms with Crippen LogP contribution in [0, 0.1) is 0 Å². The molecule has 0 amide bonds. The maximum Gasteiger partial charge on any atom is 0.225 e. The van der Waals surface area contributed by atoms with E-state index in [1.807, 2.05) is 0 Å². The maximum atomic E-state index is 5.83. The summed E-state index contributed by atoms with van der Waals surface area (Å²) in [4.78, 5) is 22.8. The van der Waals surface area contributed by atoms with Crippen LogP contribution in [-0.2, 0) is 0 Å². The Morgan fingerprint density at radius 2 is 1.68 bits per heavy atom. The molecule has 6 nitrogen and oxygen atoms in total. The van der Waals surface area contributed by atoms with E-state index in [-0.39, 0.29) is 0 Å². The van der Waals surface area contributed by atoms with Crippen LogP contribution in [-0.4, -0.2) is 46.1 Å². The molecule has 0 saturated carbocycles. The summed E-state index contributed by atoms with van der Waals surface area (Å²) in [6.07, 6.45) is 4.91. The van der Waals surface area contributed by atoms with Crippen LogP contribution in [0.1, 0.15) is 0 Å². The van der Waals surface area contributed by atoms with Gasteiger partial charge in [0.2, 0.25) is 5.95 Å². The molecule has 0 unspecified atom stereocenters. The van der Waals surface area contributed by atoms with E-state index in [1.54, 1.807) is 30.1 Å². The number of nitrogens with zero attached hydrogens (tertiary/aromatic N) is 6. The SMILES string of the molecule is Clc1cnc(N2CCN(c3ncnc4sccc34)CC2)nc1. The largest absolute Gasteiger partial charge is 0.352 e. The molecule has 0 radical (unpaired) electrons. The highest BCUT2D eigenvalue weighted by Crippen LogP contribution is 2.27. The molecule has 3 aromatic heterocycles. The molecule has 0 spiro atoms. The zero-order valence-corrected chi connectivity index (χ0v) is 13.3. The fourth-order valence-electron chi connectivity index (χ4n) is 2.62. The number of fused-ring (bicyclic) bond motifs is 1. The molecule has 4 heterocycles. The summed E-state index contributed by atoms with van der Waals surface area (Å²) < 4.78 is 0. The van der Waals surface area contributed by atoms with E-state index in [0.29, 0.717) is 5.02 Å². The van der Waals surface area contributed by atoms with Crippen LogP contribution >= 0.6 is 22.9 Å². The summed E-state index contributed by atoms with van der Waals surface area (Å²) in [7, 11) is 0. The summed E-state index contributed by atoms with van der Waals surface area (Å²) in [5.74, 6) is 1.75. The molecule has 1 aliphatic rings. The number of halogens is 1. The van der Waals surface area contributed by atoms with Crippen molar-refractivity contribution in [1.29, 1.82) is 0 Å². The third-order valence-electron chi connectivity index (χ3n) is 3.71. The Bertz CT molecular complexity index is 781. The van der Waals surface area contributed by atoms with Crippen LogP contribution in [0.4, 0.5) is 11.8 Å². The summed E-state index contributed by atoms with van der Waals surface area (Å²) in [5, 5.41) is 3.74. The van der Waals surface area contributed by atoms with Gasteiger partial charge in [0.15, 0.2) is 0 Å². The van der Waals surface area contributed by atoms with E-state index in [1.165, 1.54) is 0 Å². The van der Waals surface area contributed by atoms with E-state index >= 15 is 0 Å². The molecule has 0 aliphatic carbocycles. The van der Waals surface area contributed by atoms with Crippen molar-refractivity contribution in [3.05, 3.63) is 35.2 Å². The van der Waals surface area contributed by atoms with E-state index in [2.05, 4.69) is 41.2 Å². The first-order chi connectivity index (χ1) is 10.8. The van der Waals surface area contributed by atoms with Gasteiger partial charge >= 0.3 is 0 Å². The Labute approximate surface area is 136 Å². The van der Waals surface area contributed by atoms with Gasteiger partial charge in [-0.1, -0.05) is 11.6 Å². The summed E-state index contributed by atoms with van der Waals surface area (Å²) in [6.45, 7) is 3.48. The number of hydrogen-bond donors (Lipinski definition) is 0. The van der Waals surface area contributed by atoms with Crippen LogP contribution in [0.15, 0.2) is 30.2 Å². The van der Waals surface area contributed by atoms with Gasteiger partial charge in [0.1, 0.15) is 17.0 Å². The number of piperazine rings is 1. The second-order valence-electron chi connectivity index (χ2n) is 5.01. The van der Waals surface area contributed by atoms with Crippen LogP contribution in [0.5, 0.6) is 0 Å². The van der Waals surface area contributed by atoms with Crippen molar-refractivity contribution in [3.8, 4) is 0 Å². The molecule has 22 heavy (non-hydrogen) atoms. The lowest BCUT2D eigenvalue weighted by atomic mass is 10.3. The lowest BCUT2D eigenvalue weighted by Crippen LogP contribution is -2.47. The van der Waals surface area contributed by atoms with Crippen molar-refractivity contribution >= 4 is 44.9 Å². The van der Waals surface area contributed by atoms with Gasteiger partial charge in [-0.2, -0.15) is 0 Å². The van der Waals surface area contributed by atoms with Crippen LogP contribution in [0.3, 0.4) is 0 Å². The number of hydrogen-bond acceptors (Lipinski definition) is 7. The minimum atomic E-state index is 0.559. The molecule has 1 saturated heterocycles. The number of thiophene rings is 1. The van der Waals surface area contributed by atoms with Gasteiger partial charge in [-0.3, -0.25) is 0 Å². The molecular formula is C14H13ClN6S. The minimum Gasteiger partial charge on any atom is -0.352 e. The van der Waals surface area contributed by atoms with Crippen molar-refractivity contribution in [2.75, 3.05) is 36.0 Å². The lowest BCUT2D eigenvalue weighted by Gasteiger charge is -2.35. The summed E-state index contributed by atoms with van der Waals surface area (Å²) in [5.41, 5.74) is 0. The first-order valence-electron chi connectivity index (χ1n) is 6.97. The van der Waals surface area contributed by atoms with E-state index < -0.39 is 0 Å². The van der Waals surface area contributed by atoms with Crippen molar-refractivity contribution in [1.82, 2.24) is 19.9 Å². The molecule has 0 atom stereocenters. The summed E-state index contributed by atoms with van der Waals surface area (Å²) in [6, 6.07) is 2.09. The molecule has 0 bridgehead atoms. The number of rotatable bonds is 2. The second kappa shape index (κ2) is 5.66. The average Bonchev–Trinajstić information content (AvgIpc) is 3.04. The molecule has 0 aromatic carbocycles. The molecule has 4 rings (SSSR count). The molecule has 3 aromatic rings. The van der Waals surface area contributed by atoms with Crippen molar-refractivity contribution in [2.24, 2.45) is 0 Å². The minimum absolute atomic E-state index is 0.559. The van der Waals surface area contributed by atoms with Gasteiger partial charge in [-0.15, -0.1) is 11.3 Å². The number of anilines is 2. The van der Waals surface area contributed by atoms with Crippen molar-refractivity contribution < 1.29 is 0 Å². The highest BCUT2D eigenvalue weighted by molar-refractivity contribution is 7.16. The Morgan fingerprint density at radius 1 is 0.955 bits per heavy atom. The molecule has 1 fully saturated rings. The molecular weight excluding hydrogens is 320 g/mol. The Kier molecular flexibility index (Phi) is 3.51. The average molecular weight is 333 g/mol. The molecule has 112 valence electrons. The zero-order valence-electron chi connectivity index (χ0n) is 11.7. The Hall–Kier alpha value is -1.99. The van der Waals surface area contributed by atoms with Gasteiger partial charge in [0, 0.05) is 26.2 Å². The fourth-order valence-corrected chi connectivity index (χ4v) is 3.44. The molecule has 1 aliphatic heterocycles. The predicted molar refractivity (Wildman–Crippen MR) is 88.9 cm³/mol. The van der Waals surface area contributed by atoms with Crippen molar-refractivity contribution in [3.63, 3.8) is 0 Å². The van der Waals surface area contributed by atoms with Gasteiger partial charge < -0.3 is 9.80 Å². The van der Waals surface area contributed by atoms with E-state index in [9.17, 15) is 0 Å². The standard InChI is InChI=1S/C14H13ClN6S/c15-10-7-16-14(17-8-10)21-4-2-20(3-5-21)12-11-1-6-22-13(11)19-9-18-12/h1,6-9H,2-5H2. The van der Waals surface area contributed by atoms with Crippen molar-refractivity contribution in [2.45, 2.75) is 0 Å². The normalized spacial score (nSPS) is 15.5. The van der Waals surface area contributed by atoms with Crippen LogP contribution in [0.2, 0.25) is 5.02 Å². The monoisotopic (exact) mass is 332 g/mol. The summed E-state index contributed by atoms with van der Waals surface area (Å²) >= 11 is 7.48. The highest BCUT2D eigenvalue weighted by atomic mass is 35.5. The lowest BCUT2D eigenvalue weighted by molar-refractivity contribution is 0.636. The quantitative estimate of drug-likeness (QED) is 0.718. The highest BCUT2D eigenvalue weighted by Gasteiger charge is 2.21. The molecule has 0 N–H and O–H groups in total. The number of aromatic nitrogens is 4. The Balaban J connectivity index is 1.52. The van der Waals surface area contributed by atoms with Crippen LogP contribution in [0.25, 0.3) is 10.2 Å². The smallest absolute Gasteiger partial charge is 0.225 e. The topological polar surface area (TPSA) is 58.0 Å². The predicted octanol–water partition coefficient (Wildman–Crippen LogP) is 2.46. The van der Waals surface area contributed by atoms with E-state index in [0.717, 1.165) is 48.2 Å². The first kappa shape index (κ1) is 13.7. The first-order valence-corrected chi connectivity index (χ1v) is 8.23. The third-order valence-corrected chi connectivity index (χ3v) is 4.73. The molecule has 8 heteroatoms. The van der Waals surface area contributed by atoms with Gasteiger partial charge in [-0.05, 0) is 11.4 Å². The van der Waals surface area contributed by atoms with Gasteiger partial charge in [0.05, 0.1) is 22.8 Å².